The van der Waals surface area contributed by atoms with E-state index < -0.39 is 0 Å². The molecule has 104 valence electrons. The second-order valence-corrected chi connectivity index (χ2v) is 4.24. The standard InChI is InChI=1S/C16H18N2O2/c1-3-18(14-7-5-4-6-8-14)16(19)17-13-9-11-15(20-2)12-10-13/h4-12H,3H2,1-2H3,(H,17,19). The number of carbonyl (C=O) groups is 1. The molecule has 0 saturated heterocycles. The Kier molecular flexibility index (Phi) is 4.60. The lowest BCUT2D eigenvalue weighted by atomic mass is 10.3. The monoisotopic (exact) mass is 270 g/mol. The van der Waals surface area contributed by atoms with Crippen LogP contribution in [0.1, 0.15) is 6.92 Å². The van der Waals surface area contributed by atoms with Gasteiger partial charge in [-0.1, -0.05) is 18.2 Å². The average molecular weight is 270 g/mol. The highest BCUT2D eigenvalue weighted by Gasteiger charge is 2.13. The third-order valence-electron chi connectivity index (χ3n) is 2.97. The van der Waals surface area contributed by atoms with Gasteiger partial charge in [-0.05, 0) is 43.3 Å². The third kappa shape index (κ3) is 3.29. The summed E-state index contributed by atoms with van der Waals surface area (Å²) in [5, 5.41) is 2.87. The molecule has 0 aromatic heterocycles. The van der Waals surface area contributed by atoms with Gasteiger partial charge in [-0.2, -0.15) is 0 Å². The van der Waals surface area contributed by atoms with Gasteiger partial charge < -0.3 is 10.1 Å². The Hall–Kier alpha value is -2.49. The van der Waals surface area contributed by atoms with E-state index in [1.54, 1.807) is 12.0 Å². The van der Waals surface area contributed by atoms with Gasteiger partial charge in [-0.25, -0.2) is 4.79 Å². The molecule has 20 heavy (non-hydrogen) atoms. The van der Waals surface area contributed by atoms with E-state index in [2.05, 4.69) is 5.32 Å². The minimum atomic E-state index is -0.149. The molecule has 0 saturated carbocycles. The van der Waals surface area contributed by atoms with Gasteiger partial charge in [0.15, 0.2) is 0 Å². The van der Waals surface area contributed by atoms with Gasteiger partial charge >= 0.3 is 6.03 Å². The molecule has 0 atom stereocenters. The Morgan fingerprint density at radius 1 is 1.10 bits per heavy atom. The fraction of sp³-hybridized carbons (Fsp3) is 0.188. The normalized spacial score (nSPS) is 9.90. The van der Waals surface area contributed by atoms with Crippen LogP contribution < -0.4 is 15.0 Å². The van der Waals surface area contributed by atoms with Crippen molar-refractivity contribution in [3.63, 3.8) is 0 Å². The molecule has 0 aliphatic rings. The summed E-state index contributed by atoms with van der Waals surface area (Å²) in [6, 6.07) is 16.7. The zero-order valence-electron chi connectivity index (χ0n) is 11.7. The fourth-order valence-electron chi connectivity index (χ4n) is 1.92. The molecule has 0 heterocycles. The van der Waals surface area contributed by atoms with Crippen molar-refractivity contribution < 1.29 is 9.53 Å². The maximum Gasteiger partial charge on any atom is 0.326 e. The maximum absolute atomic E-state index is 12.3. The predicted octanol–water partition coefficient (Wildman–Crippen LogP) is 3.75. The van der Waals surface area contributed by atoms with Crippen molar-refractivity contribution in [2.75, 3.05) is 23.9 Å². The molecular weight excluding hydrogens is 252 g/mol. The number of methoxy groups -OCH3 is 1. The minimum absolute atomic E-state index is 0.149. The number of carbonyl (C=O) groups excluding carboxylic acids is 1. The van der Waals surface area contributed by atoms with Crippen LogP contribution in [0.3, 0.4) is 0 Å². The number of benzene rings is 2. The first-order valence-corrected chi connectivity index (χ1v) is 6.52. The highest BCUT2D eigenvalue weighted by Crippen LogP contribution is 2.18. The van der Waals surface area contributed by atoms with E-state index in [1.807, 2.05) is 61.5 Å². The van der Waals surface area contributed by atoms with Crippen molar-refractivity contribution in [1.82, 2.24) is 0 Å². The SMILES string of the molecule is CCN(C(=O)Nc1ccc(OC)cc1)c1ccccc1. The summed E-state index contributed by atoms with van der Waals surface area (Å²) in [7, 11) is 1.61. The lowest BCUT2D eigenvalue weighted by molar-refractivity contribution is 0.257. The minimum Gasteiger partial charge on any atom is -0.497 e. The smallest absolute Gasteiger partial charge is 0.326 e. The van der Waals surface area contributed by atoms with Crippen molar-refractivity contribution in [2.45, 2.75) is 6.92 Å². The summed E-state index contributed by atoms with van der Waals surface area (Å²) < 4.78 is 5.09. The fourth-order valence-corrected chi connectivity index (χ4v) is 1.92. The van der Waals surface area contributed by atoms with Crippen LogP contribution in [0.25, 0.3) is 0 Å². The first-order chi connectivity index (χ1) is 9.74. The number of hydrogen-bond donors (Lipinski definition) is 1. The Bertz CT molecular complexity index is 552. The highest BCUT2D eigenvalue weighted by atomic mass is 16.5. The van der Waals surface area contributed by atoms with E-state index in [-0.39, 0.29) is 6.03 Å². The number of para-hydroxylation sites is 1. The van der Waals surface area contributed by atoms with E-state index in [4.69, 9.17) is 4.74 Å². The van der Waals surface area contributed by atoms with Crippen molar-refractivity contribution >= 4 is 17.4 Å². The van der Waals surface area contributed by atoms with Crippen LogP contribution in [0.2, 0.25) is 0 Å². The molecule has 2 aromatic carbocycles. The Balaban J connectivity index is 2.09. The number of nitrogens with one attached hydrogen (secondary N) is 1. The van der Waals surface area contributed by atoms with Gasteiger partial charge in [0.2, 0.25) is 0 Å². The Morgan fingerprint density at radius 2 is 1.75 bits per heavy atom. The summed E-state index contributed by atoms with van der Waals surface area (Å²) in [5.41, 5.74) is 1.62. The van der Waals surface area contributed by atoms with Gasteiger partial charge in [0.05, 0.1) is 7.11 Å². The Morgan fingerprint density at radius 3 is 2.30 bits per heavy atom. The molecule has 2 aromatic rings. The summed E-state index contributed by atoms with van der Waals surface area (Å²) in [5.74, 6) is 0.762. The molecule has 0 aliphatic carbocycles. The zero-order chi connectivity index (χ0) is 14.4. The van der Waals surface area contributed by atoms with Crippen molar-refractivity contribution in [3.05, 3.63) is 54.6 Å². The van der Waals surface area contributed by atoms with Gasteiger partial charge in [-0.3, -0.25) is 4.90 Å². The lowest BCUT2D eigenvalue weighted by Crippen LogP contribution is -2.34. The van der Waals surface area contributed by atoms with Crippen LogP contribution in [0.4, 0.5) is 16.2 Å². The molecule has 4 heteroatoms. The molecule has 2 rings (SSSR count). The molecule has 0 fully saturated rings. The average Bonchev–Trinajstić information content (AvgIpc) is 2.50. The van der Waals surface area contributed by atoms with Gasteiger partial charge in [-0.15, -0.1) is 0 Å². The van der Waals surface area contributed by atoms with Crippen LogP contribution in [-0.4, -0.2) is 19.7 Å². The van der Waals surface area contributed by atoms with E-state index in [9.17, 15) is 4.79 Å². The van der Waals surface area contributed by atoms with Crippen LogP contribution in [0.15, 0.2) is 54.6 Å². The van der Waals surface area contributed by atoms with Crippen LogP contribution in [0.5, 0.6) is 5.75 Å². The maximum atomic E-state index is 12.3. The van der Waals surface area contributed by atoms with Gasteiger partial charge in [0, 0.05) is 17.9 Å². The Labute approximate surface area is 119 Å². The van der Waals surface area contributed by atoms with Crippen LogP contribution >= 0.6 is 0 Å². The second kappa shape index (κ2) is 6.61. The molecular formula is C16H18N2O2. The summed E-state index contributed by atoms with van der Waals surface area (Å²) >= 11 is 0. The molecule has 0 radical (unpaired) electrons. The number of hydrogen-bond acceptors (Lipinski definition) is 2. The van der Waals surface area contributed by atoms with E-state index >= 15 is 0 Å². The van der Waals surface area contributed by atoms with Gasteiger partial charge in [0.1, 0.15) is 5.75 Å². The molecule has 0 unspecified atom stereocenters. The van der Waals surface area contributed by atoms with Crippen molar-refractivity contribution in [3.8, 4) is 5.75 Å². The van der Waals surface area contributed by atoms with Crippen molar-refractivity contribution in [2.24, 2.45) is 0 Å². The second-order valence-electron chi connectivity index (χ2n) is 4.24. The number of anilines is 2. The summed E-state index contributed by atoms with van der Waals surface area (Å²) in [6.07, 6.45) is 0. The number of nitrogens with zero attached hydrogens (tertiary/aromatic N) is 1. The number of rotatable bonds is 4. The topological polar surface area (TPSA) is 41.6 Å². The van der Waals surface area contributed by atoms with Crippen molar-refractivity contribution in [1.29, 1.82) is 0 Å². The molecule has 0 aliphatic heterocycles. The van der Waals surface area contributed by atoms with E-state index in [0.717, 1.165) is 17.1 Å². The molecule has 0 bridgehead atoms. The predicted molar refractivity (Wildman–Crippen MR) is 81.5 cm³/mol. The number of ether oxygens (including phenoxy) is 1. The highest BCUT2D eigenvalue weighted by molar-refractivity contribution is 6.01. The number of amides is 2. The molecule has 2 amide bonds. The largest absolute Gasteiger partial charge is 0.497 e. The van der Waals surface area contributed by atoms with E-state index in [1.165, 1.54) is 0 Å². The lowest BCUT2D eigenvalue weighted by Gasteiger charge is -2.21. The summed E-state index contributed by atoms with van der Waals surface area (Å²) in [4.78, 5) is 14.0. The molecule has 4 nitrogen and oxygen atoms in total. The zero-order valence-corrected chi connectivity index (χ0v) is 11.7. The van der Waals surface area contributed by atoms with Gasteiger partial charge in [0.25, 0.3) is 0 Å². The first-order valence-electron chi connectivity index (χ1n) is 6.52. The third-order valence-corrected chi connectivity index (χ3v) is 2.97. The van der Waals surface area contributed by atoms with Crippen LogP contribution in [-0.2, 0) is 0 Å². The quantitative estimate of drug-likeness (QED) is 0.919. The first kappa shape index (κ1) is 13.9. The molecule has 0 spiro atoms. The summed E-state index contributed by atoms with van der Waals surface area (Å²) in [6.45, 7) is 2.55. The molecule has 1 N–H and O–H groups in total. The van der Waals surface area contributed by atoms with Crippen LogP contribution in [0, 0.1) is 0 Å². The number of urea groups is 1. The van der Waals surface area contributed by atoms with E-state index in [0.29, 0.717) is 6.54 Å².